The van der Waals surface area contributed by atoms with Crippen molar-refractivity contribution in [2.45, 2.75) is 40.7 Å². The van der Waals surface area contributed by atoms with Gasteiger partial charge in [-0.1, -0.05) is 50.0 Å². The lowest BCUT2D eigenvalue weighted by Gasteiger charge is -2.19. The number of hydrogen-bond donors (Lipinski definition) is 3. The zero-order valence-electron chi connectivity index (χ0n) is 15.5. The summed E-state index contributed by atoms with van der Waals surface area (Å²) in [6, 6.07) is 5.56. The van der Waals surface area contributed by atoms with Gasteiger partial charge in [0.2, 0.25) is 5.91 Å². The standard InChI is InChI=1S/C18H28Cl2N4O/c1-6-21-17(23-10-9-22-16(25)18(3,4)5)24-12(2)13-7-8-14(19)15(20)11-13/h7-8,11-12H,6,9-10H2,1-5H3,(H,22,25)(H2,21,23,24). The average molecular weight is 387 g/mol. The van der Waals surface area contributed by atoms with Crippen molar-refractivity contribution in [2.75, 3.05) is 19.6 Å². The molecular weight excluding hydrogens is 359 g/mol. The Morgan fingerprint density at radius 1 is 1.20 bits per heavy atom. The molecule has 0 aromatic heterocycles. The zero-order chi connectivity index (χ0) is 19.0. The lowest BCUT2D eigenvalue weighted by molar-refractivity contribution is -0.128. The smallest absolute Gasteiger partial charge is 0.225 e. The molecule has 1 aromatic rings. The molecule has 0 aliphatic heterocycles. The fourth-order valence-corrected chi connectivity index (χ4v) is 2.30. The predicted molar refractivity (Wildman–Crippen MR) is 106 cm³/mol. The van der Waals surface area contributed by atoms with Gasteiger partial charge in [0.15, 0.2) is 5.96 Å². The maximum absolute atomic E-state index is 11.8. The number of rotatable bonds is 6. The zero-order valence-corrected chi connectivity index (χ0v) is 17.1. The molecular formula is C18H28Cl2N4O. The summed E-state index contributed by atoms with van der Waals surface area (Å²) in [5.41, 5.74) is 0.621. The van der Waals surface area contributed by atoms with E-state index in [-0.39, 0.29) is 11.9 Å². The molecule has 0 saturated carbocycles. The van der Waals surface area contributed by atoms with E-state index < -0.39 is 5.41 Å². The maximum atomic E-state index is 11.8. The monoisotopic (exact) mass is 386 g/mol. The lowest BCUT2D eigenvalue weighted by Crippen LogP contribution is -2.40. The number of nitrogens with one attached hydrogen (secondary N) is 3. The Balaban J connectivity index is 2.63. The molecule has 1 amide bonds. The summed E-state index contributed by atoms with van der Waals surface area (Å²) >= 11 is 12.0. The molecule has 0 saturated heterocycles. The van der Waals surface area contributed by atoms with Crippen LogP contribution in [0.4, 0.5) is 0 Å². The summed E-state index contributed by atoms with van der Waals surface area (Å²) in [6.45, 7) is 11.4. The Kier molecular flexibility index (Phi) is 8.53. The minimum atomic E-state index is -0.394. The first kappa shape index (κ1) is 21.6. The second-order valence-corrected chi connectivity index (χ2v) is 7.62. The van der Waals surface area contributed by atoms with Crippen LogP contribution in [0.1, 0.15) is 46.2 Å². The highest BCUT2D eigenvalue weighted by atomic mass is 35.5. The Labute approximate surface area is 160 Å². The van der Waals surface area contributed by atoms with E-state index in [0.29, 0.717) is 29.1 Å². The minimum absolute atomic E-state index is 0.0109. The minimum Gasteiger partial charge on any atom is -0.357 e. The number of guanidine groups is 1. The fourth-order valence-electron chi connectivity index (χ4n) is 1.99. The van der Waals surface area contributed by atoms with Gasteiger partial charge in [0, 0.05) is 18.5 Å². The van der Waals surface area contributed by atoms with Crippen molar-refractivity contribution >= 4 is 35.1 Å². The molecule has 1 unspecified atom stereocenters. The number of carbonyl (C=O) groups is 1. The van der Waals surface area contributed by atoms with Gasteiger partial charge in [-0.25, -0.2) is 0 Å². The molecule has 0 aliphatic rings. The van der Waals surface area contributed by atoms with Gasteiger partial charge in [-0.2, -0.15) is 0 Å². The first-order chi connectivity index (χ1) is 11.6. The van der Waals surface area contributed by atoms with E-state index in [2.05, 4.69) is 20.9 Å². The van der Waals surface area contributed by atoms with Crippen molar-refractivity contribution in [1.29, 1.82) is 0 Å². The number of halogens is 2. The van der Waals surface area contributed by atoms with Crippen LogP contribution in [-0.4, -0.2) is 31.5 Å². The predicted octanol–water partition coefficient (Wildman–Crippen LogP) is 3.77. The third-order valence-electron chi connectivity index (χ3n) is 3.49. The molecule has 0 spiro atoms. The number of aliphatic imine (C=N–C) groups is 1. The van der Waals surface area contributed by atoms with E-state index in [1.807, 2.05) is 46.8 Å². The molecule has 1 rings (SSSR count). The Morgan fingerprint density at radius 3 is 2.44 bits per heavy atom. The highest BCUT2D eigenvalue weighted by Gasteiger charge is 2.20. The summed E-state index contributed by atoms with van der Waals surface area (Å²) in [5.74, 6) is 0.705. The summed E-state index contributed by atoms with van der Waals surface area (Å²) in [6.07, 6.45) is 0. The lowest BCUT2D eigenvalue weighted by atomic mass is 9.96. The van der Waals surface area contributed by atoms with Crippen LogP contribution < -0.4 is 16.0 Å². The Hall–Kier alpha value is -1.46. The Bertz CT molecular complexity index is 612. The van der Waals surface area contributed by atoms with Gasteiger partial charge in [-0.15, -0.1) is 0 Å². The van der Waals surface area contributed by atoms with E-state index >= 15 is 0 Å². The van der Waals surface area contributed by atoms with Crippen LogP contribution in [0.2, 0.25) is 10.0 Å². The van der Waals surface area contributed by atoms with Crippen LogP contribution in [0.3, 0.4) is 0 Å². The highest BCUT2D eigenvalue weighted by Crippen LogP contribution is 2.25. The second-order valence-electron chi connectivity index (χ2n) is 6.81. The van der Waals surface area contributed by atoms with Crippen LogP contribution in [0, 0.1) is 5.41 Å². The van der Waals surface area contributed by atoms with Crippen LogP contribution in [-0.2, 0) is 4.79 Å². The van der Waals surface area contributed by atoms with Crippen LogP contribution in [0.5, 0.6) is 0 Å². The molecule has 0 aliphatic carbocycles. The summed E-state index contributed by atoms with van der Waals surface area (Å²) < 4.78 is 0. The SMILES string of the molecule is CCNC(=NCCNC(=O)C(C)(C)C)NC(C)c1ccc(Cl)c(Cl)c1. The van der Waals surface area contributed by atoms with Gasteiger partial charge >= 0.3 is 0 Å². The maximum Gasteiger partial charge on any atom is 0.225 e. The van der Waals surface area contributed by atoms with E-state index in [9.17, 15) is 4.79 Å². The van der Waals surface area contributed by atoms with Gasteiger partial charge in [0.1, 0.15) is 0 Å². The largest absolute Gasteiger partial charge is 0.357 e. The van der Waals surface area contributed by atoms with Crippen LogP contribution >= 0.6 is 23.2 Å². The van der Waals surface area contributed by atoms with Crippen molar-refractivity contribution in [1.82, 2.24) is 16.0 Å². The van der Waals surface area contributed by atoms with Crippen molar-refractivity contribution in [3.63, 3.8) is 0 Å². The van der Waals surface area contributed by atoms with Gasteiger partial charge in [0.25, 0.3) is 0 Å². The second kappa shape index (κ2) is 9.88. The van der Waals surface area contributed by atoms with Crippen molar-refractivity contribution in [3.05, 3.63) is 33.8 Å². The van der Waals surface area contributed by atoms with E-state index in [1.54, 1.807) is 6.07 Å². The normalized spacial score (nSPS) is 13.3. The quantitative estimate of drug-likeness (QED) is 0.396. The molecule has 1 atom stereocenters. The first-order valence-corrected chi connectivity index (χ1v) is 9.18. The molecule has 1 aromatic carbocycles. The van der Waals surface area contributed by atoms with Crippen molar-refractivity contribution < 1.29 is 4.79 Å². The third-order valence-corrected chi connectivity index (χ3v) is 4.23. The molecule has 5 nitrogen and oxygen atoms in total. The van der Waals surface area contributed by atoms with Gasteiger partial charge < -0.3 is 16.0 Å². The van der Waals surface area contributed by atoms with Gasteiger partial charge in [-0.3, -0.25) is 9.79 Å². The molecule has 25 heavy (non-hydrogen) atoms. The topological polar surface area (TPSA) is 65.5 Å². The summed E-state index contributed by atoms with van der Waals surface area (Å²) in [5, 5.41) is 10.5. The van der Waals surface area contributed by atoms with Gasteiger partial charge in [0.05, 0.1) is 22.6 Å². The number of carbonyl (C=O) groups excluding carboxylic acids is 1. The van der Waals surface area contributed by atoms with Crippen LogP contribution in [0.15, 0.2) is 23.2 Å². The number of hydrogen-bond acceptors (Lipinski definition) is 2. The molecule has 0 heterocycles. The Morgan fingerprint density at radius 2 is 1.88 bits per heavy atom. The number of benzene rings is 1. The summed E-state index contributed by atoms with van der Waals surface area (Å²) in [4.78, 5) is 16.3. The van der Waals surface area contributed by atoms with E-state index in [1.165, 1.54) is 0 Å². The van der Waals surface area contributed by atoms with Crippen molar-refractivity contribution in [3.8, 4) is 0 Å². The molecule has 140 valence electrons. The number of nitrogens with zero attached hydrogens (tertiary/aromatic N) is 1. The molecule has 0 radical (unpaired) electrons. The van der Waals surface area contributed by atoms with E-state index in [4.69, 9.17) is 23.2 Å². The van der Waals surface area contributed by atoms with Crippen LogP contribution in [0.25, 0.3) is 0 Å². The van der Waals surface area contributed by atoms with Gasteiger partial charge in [-0.05, 0) is 31.5 Å². The molecule has 0 fully saturated rings. The first-order valence-electron chi connectivity index (χ1n) is 8.43. The summed E-state index contributed by atoms with van der Waals surface area (Å²) in [7, 11) is 0. The molecule has 0 bridgehead atoms. The molecule has 3 N–H and O–H groups in total. The number of amides is 1. The molecule has 7 heteroatoms. The third kappa shape index (κ3) is 7.53. The van der Waals surface area contributed by atoms with Crippen molar-refractivity contribution in [2.24, 2.45) is 10.4 Å². The average Bonchev–Trinajstić information content (AvgIpc) is 2.52. The fraction of sp³-hybridized carbons (Fsp3) is 0.556. The highest BCUT2D eigenvalue weighted by molar-refractivity contribution is 6.42. The van der Waals surface area contributed by atoms with E-state index in [0.717, 1.165) is 12.1 Å².